The van der Waals surface area contributed by atoms with E-state index in [1.165, 1.54) is 16.7 Å². The van der Waals surface area contributed by atoms with E-state index < -0.39 is 0 Å². The minimum absolute atomic E-state index is 0.157. The first-order valence-corrected chi connectivity index (χ1v) is 9.47. The molecule has 0 bridgehead atoms. The van der Waals surface area contributed by atoms with Gasteiger partial charge in [-0.1, -0.05) is 30.3 Å². The molecule has 0 saturated heterocycles. The molecule has 26 heavy (non-hydrogen) atoms. The molecule has 4 heteroatoms. The van der Waals surface area contributed by atoms with Crippen molar-refractivity contribution in [3.8, 4) is 11.5 Å². The van der Waals surface area contributed by atoms with Crippen molar-refractivity contribution >= 4 is 0 Å². The highest BCUT2D eigenvalue weighted by Gasteiger charge is 2.28. The third kappa shape index (κ3) is 3.87. The van der Waals surface area contributed by atoms with Gasteiger partial charge in [-0.3, -0.25) is 0 Å². The number of ether oxygens (including phenoxy) is 2. The Kier molecular flexibility index (Phi) is 5.14. The maximum atomic E-state index is 10.1. The average molecular weight is 354 g/mol. The molecule has 2 aromatic carbocycles. The number of aliphatic hydroxyl groups is 2. The van der Waals surface area contributed by atoms with Crippen molar-refractivity contribution in [1.82, 2.24) is 0 Å². The van der Waals surface area contributed by atoms with Gasteiger partial charge in [0, 0.05) is 6.61 Å². The summed E-state index contributed by atoms with van der Waals surface area (Å²) in [6.45, 7) is 1.36. The smallest absolute Gasteiger partial charge is 0.161 e. The summed E-state index contributed by atoms with van der Waals surface area (Å²) in [4.78, 5) is 0. The summed E-state index contributed by atoms with van der Waals surface area (Å²) < 4.78 is 11.3. The molecule has 2 aliphatic rings. The first kappa shape index (κ1) is 17.4. The monoisotopic (exact) mass is 354 g/mol. The Bertz CT molecular complexity index is 758. The highest BCUT2D eigenvalue weighted by Crippen LogP contribution is 2.37. The molecular formula is C22H26O4. The van der Waals surface area contributed by atoms with E-state index in [2.05, 4.69) is 36.4 Å². The van der Waals surface area contributed by atoms with E-state index in [-0.39, 0.29) is 18.6 Å². The second kappa shape index (κ2) is 7.68. The molecule has 0 radical (unpaired) electrons. The van der Waals surface area contributed by atoms with Crippen LogP contribution in [0.4, 0.5) is 0 Å². The van der Waals surface area contributed by atoms with Gasteiger partial charge in [0.1, 0.15) is 13.2 Å². The molecule has 1 aliphatic carbocycles. The van der Waals surface area contributed by atoms with Gasteiger partial charge >= 0.3 is 0 Å². The lowest BCUT2D eigenvalue weighted by Crippen LogP contribution is -2.27. The van der Waals surface area contributed by atoms with Crippen LogP contribution in [0.25, 0.3) is 0 Å². The first-order valence-electron chi connectivity index (χ1n) is 9.47. The van der Waals surface area contributed by atoms with Crippen LogP contribution in [0.3, 0.4) is 0 Å². The van der Waals surface area contributed by atoms with E-state index in [1.807, 2.05) is 6.07 Å². The van der Waals surface area contributed by atoms with Crippen LogP contribution < -0.4 is 9.47 Å². The Balaban J connectivity index is 1.51. The molecule has 2 aromatic rings. The summed E-state index contributed by atoms with van der Waals surface area (Å²) in [6, 6.07) is 14.8. The second-order valence-corrected chi connectivity index (χ2v) is 7.51. The van der Waals surface area contributed by atoms with Crippen LogP contribution in [0.5, 0.6) is 11.5 Å². The van der Waals surface area contributed by atoms with E-state index in [4.69, 9.17) is 9.47 Å². The van der Waals surface area contributed by atoms with Crippen molar-refractivity contribution in [3.63, 3.8) is 0 Å². The normalized spacial score (nSPS) is 25.1. The van der Waals surface area contributed by atoms with Gasteiger partial charge in [-0.2, -0.15) is 0 Å². The summed E-state index contributed by atoms with van der Waals surface area (Å²) in [5.74, 6) is 2.16. The lowest BCUT2D eigenvalue weighted by molar-refractivity contribution is 0.0650. The van der Waals surface area contributed by atoms with Crippen molar-refractivity contribution in [2.45, 2.75) is 37.7 Å². The molecule has 0 amide bonds. The van der Waals surface area contributed by atoms with Gasteiger partial charge in [0.2, 0.25) is 0 Å². The Morgan fingerprint density at radius 3 is 2.54 bits per heavy atom. The van der Waals surface area contributed by atoms with Gasteiger partial charge in [0.25, 0.3) is 0 Å². The number of hydrogen-bond acceptors (Lipinski definition) is 4. The number of hydrogen-bond donors (Lipinski definition) is 2. The molecule has 138 valence electrons. The van der Waals surface area contributed by atoms with Crippen molar-refractivity contribution in [1.29, 1.82) is 0 Å². The minimum atomic E-state index is -0.313. The first-order chi connectivity index (χ1) is 12.7. The van der Waals surface area contributed by atoms with Crippen LogP contribution in [0.1, 0.15) is 41.9 Å². The molecule has 1 aliphatic heterocycles. The third-order valence-corrected chi connectivity index (χ3v) is 5.48. The van der Waals surface area contributed by atoms with Gasteiger partial charge in [-0.05, 0) is 66.3 Å². The molecule has 4 rings (SSSR count). The summed E-state index contributed by atoms with van der Waals surface area (Å²) in [5, 5.41) is 19.6. The predicted molar refractivity (Wildman–Crippen MR) is 99.9 cm³/mol. The van der Waals surface area contributed by atoms with E-state index in [9.17, 15) is 10.2 Å². The number of benzene rings is 2. The minimum Gasteiger partial charge on any atom is -0.486 e. The molecule has 2 N–H and O–H groups in total. The molecule has 0 aromatic heterocycles. The fourth-order valence-electron chi connectivity index (χ4n) is 4.22. The largest absolute Gasteiger partial charge is 0.486 e. The van der Waals surface area contributed by atoms with Crippen molar-refractivity contribution < 1.29 is 19.7 Å². The number of fused-ring (bicyclic) bond motifs is 1. The summed E-state index contributed by atoms with van der Waals surface area (Å²) >= 11 is 0. The van der Waals surface area contributed by atoms with Crippen molar-refractivity contribution in [2.24, 2.45) is 5.92 Å². The SMILES string of the molecule is OCC1CC(O)CC(c2cccc(Cc3ccc4c(c3)OCCO4)c2)C1. The molecule has 1 heterocycles. The zero-order valence-electron chi connectivity index (χ0n) is 14.9. The molecule has 3 atom stereocenters. The third-order valence-electron chi connectivity index (χ3n) is 5.48. The zero-order chi connectivity index (χ0) is 17.9. The van der Waals surface area contributed by atoms with Crippen LogP contribution in [-0.2, 0) is 6.42 Å². The van der Waals surface area contributed by atoms with Crippen LogP contribution in [0.15, 0.2) is 42.5 Å². The Morgan fingerprint density at radius 1 is 0.885 bits per heavy atom. The van der Waals surface area contributed by atoms with E-state index in [1.54, 1.807) is 0 Å². The Labute approximate surface area is 154 Å². The fourth-order valence-corrected chi connectivity index (χ4v) is 4.22. The van der Waals surface area contributed by atoms with Crippen molar-refractivity contribution in [2.75, 3.05) is 19.8 Å². The van der Waals surface area contributed by atoms with Gasteiger partial charge in [-0.15, -0.1) is 0 Å². The lowest BCUT2D eigenvalue weighted by atomic mass is 9.76. The quantitative estimate of drug-likeness (QED) is 0.885. The Morgan fingerprint density at radius 2 is 1.69 bits per heavy atom. The van der Waals surface area contributed by atoms with E-state index in [0.717, 1.165) is 30.8 Å². The van der Waals surface area contributed by atoms with Crippen LogP contribution in [-0.4, -0.2) is 36.1 Å². The van der Waals surface area contributed by atoms with Crippen molar-refractivity contribution in [3.05, 3.63) is 59.2 Å². The number of aliphatic hydroxyl groups excluding tert-OH is 2. The Hall–Kier alpha value is -2.04. The van der Waals surface area contributed by atoms with Gasteiger partial charge in [-0.25, -0.2) is 0 Å². The molecule has 1 saturated carbocycles. The number of rotatable bonds is 4. The predicted octanol–water partition coefficient (Wildman–Crippen LogP) is 3.29. The summed E-state index contributed by atoms with van der Waals surface area (Å²) in [6.07, 6.45) is 2.96. The van der Waals surface area contributed by atoms with Crippen LogP contribution in [0.2, 0.25) is 0 Å². The molecule has 0 spiro atoms. The average Bonchev–Trinajstić information content (AvgIpc) is 2.67. The fraction of sp³-hybridized carbons (Fsp3) is 0.455. The van der Waals surface area contributed by atoms with Crippen LogP contribution in [0, 0.1) is 5.92 Å². The van der Waals surface area contributed by atoms with Gasteiger partial charge in [0.05, 0.1) is 6.10 Å². The summed E-state index contributed by atoms with van der Waals surface area (Å²) in [5.41, 5.74) is 3.71. The zero-order valence-corrected chi connectivity index (χ0v) is 14.9. The maximum absolute atomic E-state index is 10.1. The summed E-state index contributed by atoms with van der Waals surface area (Å²) in [7, 11) is 0. The van der Waals surface area contributed by atoms with Crippen LogP contribution >= 0.6 is 0 Å². The standard InChI is InChI=1S/C22H26O4/c23-14-17-10-19(13-20(24)11-17)18-3-1-2-15(9-18)8-16-4-5-21-22(12-16)26-7-6-25-21/h1-5,9,12,17,19-20,23-24H,6-8,10-11,13-14H2. The van der Waals surface area contributed by atoms with E-state index >= 15 is 0 Å². The second-order valence-electron chi connectivity index (χ2n) is 7.51. The van der Waals surface area contributed by atoms with E-state index in [0.29, 0.717) is 25.6 Å². The molecule has 3 unspecified atom stereocenters. The molecule has 4 nitrogen and oxygen atoms in total. The topological polar surface area (TPSA) is 58.9 Å². The highest BCUT2D eigenvalue weighted by molar-refractivity contribution is 5.45. The van der Waals surface area contributed by atoms with Gasteiger partial charge < -0.3 is 19.7 Å². The lowest BCUT2D eigenvalue weighted by Gasteiger charge is -2.32. The molecular weight excluding hydrogens is 328 g/mol. The highest BCUT2D eigenvalue weighted by atomic mass is 16.6. The molecule has 1 fully saturated rings. The maximum Gasteiger partial charge on any atom is 0.161 e. The van der Waals surface area contributed by atoms with Gasteiger partial charge in [0.15, 0.2) is 11.5 Å².